The van der Waals surface area contributed by atoms with Crippen LogP contribution in [0.3, 0.4) is 0 Å². The van der Waals surface area contributed by atoms with E-state index in [1.54, 1.807) is 0 Å². The Morgan fingerprint density at radius 2 is 1.83 bits per heavy atom. The third kappa shape index (κ3) is 3.08. The van der Waals surface area contributed by atoms with Gasteiger partial charge in [-0.15, -0.1) is 0 Å². The van der Waals surface area contributed by atoms with Crippen LogP contribution in [0.1, 0.15) is 63.1 Å². The van der Waals surface area contributed by atoms with Crippen LogP contribution in [0.25, 0.3) is 0 Å². The summed E-state index contributed by atoms with van der Waals surface area (Å²) in [5, 5.41) is 8.58. The number of ether oxygens (including phenoxy) is 2. The van der Waals surface area contributed by atoms with Gasteiger partial charge in [-0.2, -0.15) is 5.10 Å². The molecule has 0 amide bonds. The molecule has 1 saturated carbocycles. The first-order chi connectivity index (χ1) is 11.8. The van der Waals surface area contributed by atoms with Crippen molar-refractivity contribution < 1.29 is 9.47 Å². The van der Waals surface area contributed by atoms with Gasteiger partial charge < -0.3 is 14.8 Å². The summed E-state index contributed by atoms with van der Waals surface area (Å²) in [4.78, 5) is 0. The Kier molecular flexibility index (Phi) is 4.81. The van der Waals surface area contributed by atoms with Gasteiger partial charge in [0.25, 0.3) is 0 Å². The Hall–Kier alpha value is -1.07. The lowest BCUT2D eigenvalue weighted by molar-refractivity contribution is -0.0372. The first kappa shape index (κ1) is 16.4. The Morgan fingerprint density at radius 1 is 1.08 bits per heavy atom. The van der Waals surface area contributed by atoms with Crippen molar-refractivity contribution in [2.75, 3.05) is 31.7 Å². The van der Waals surface area contributed by atoms with Gasteiger partial charge in [0.1, 0.15) is 0 Å². The predicted octanol–water partition coefficient (Wildman–Crippen LogP) is 3.69. The van der Waals surface area contributed by atoms with Crippen molar-refractivity contribution in [3.8, 4) is 0 Å². The molecule has 3 aliphatic rings. The SMILES string of the molecule is Cc1c(NC2CCOCC23CCCCC3)cnn1C1CCOCC1. The van der Waals surface area contributed by atoms with E-state index >= 15 is 0 Å². The fourth-order valence-corrected chi connectivity index (χ4v) is 4.91. The molecule has 134 valence electrons. The summed E-state index contributed by atoms with van der Waals surface area (Å²) in [7, 11) is 0. The zero-order valence-electron chi connectivity index (χ0n) is 14.9. The predicted molar refractivity (Wildman–Crippen MR) is 94.4 cm³/mol. The number of aromatic nitrogens is 2. The van der Waals surface area contributed by atoms with Crippen molar-refractivity contribution in [3.63, 3.8) is 0 Å². The summed E-state index contributed by atoms with van der Waals surface area (Å²) in [6.07, 6.45) is 12.0. The third-order valence-electron chi connectivity index (χ3n) is 6.44. The third-order valence-corrected chi connectivity index (χ3v) is 6.44. The Bertz CT molecular complexity index is 537. The van der Waals surface area contributed by atoms with E-state index in [0.29, 0.717) is 17.5 Å². The van der Waals surface area contributed by atoms with Gasteiger partial charge in [-0.1, -0.05) is 19.3 Å². The summed E-state index contributed by atoms with van der Waals surface area (Å²) in [6, 6.07) is 1.02. The molecule has 0 aromatic carbocycles. The molecule has 5 nitrogen and oxygen atoms in total. The number of rotatable bonds is 3. The van der Waals surface area contributed by atoms with E-state index in [4.69, 9.17) is 14.6 Å². The zero-order valence-corrected chi connectivity index (χ0v) is 14.9. The van der Waals surface area contributed by atoms with Crippen LogP contribution in [-0.4, -0.2) is 42.2 Å². The molecule has 1 unspecified atom stereocenters. The lowest BCUT2D eigenvalue weighted by Crippen LogP contribution is -2.49. The zero-order chi connectivity index (χ0) is 16.4. The van der Waals surface area contributed by atoms with Gasteiger partial charge in [-0.25, -0.2) is 0 Å². The van der Waals surface area contributed by atoms with Crippen molar-refractivity contribution in [2.45, 2.75) is 70.4 Å². The Balaban J connectivity index is 1.50. The average Bonchev–Trinajstić information content (AvgIpc) is 2.99. The van der Waals surface area contributed by atoms with Crippen LogP contribution in [0.2, 0.25) is 0 Å². The highest BCUT2D eigenvalue weighted by Crippen LogP contribution is 2.44. The van der Waals surface area contributed by atoms with E-state index < -0.39 is 0 Å². The second-order valence-corrected chi connectivity index (χ2v) is 7.89. The molecule has 2 saturated heterocycles. The molecule has 2 aliphatic heterocycles. The lowest BCUT2D eigenvalue weighted by atomic mass is 9.67. The molecule has 24 heavy (non-hydrogen) atoms. The van der Waals surface area contributed by atoms with E-state index in [1.165, 1.54) is 43.5 Å². The summed E-state index contributed by atoms with van der Waals surface area (Å²) in [6.45, 7) is 5.73. The van der Waals surface area contributed by atoms with Crippen LogP contribution in [0.15, 0.2) is 6.20 Å². The van der Waals surface area contributed by atoms with Crippen LogP contribution in [-0.2, 0) is 9.47 Å². The van der Waals surface area contributed by atoms with Gasteiger partial charge in [-0.05, 0) is 39.0 Å². The molecule has 0 bridgehead atoms. The van der Waals surface area contributed by atoms with E-state index in [9.17, 15) is 0 Å². The molecule has 1 N–H and O–H groups in total. The van der Waals surface area contributed by atoms with E-state index in [1.807, 2.05) is 6.20 Å². The molecular weight excluding hydrogens is 302 g/mol. The molecule has 1 aliphatic carbocycles. The monoisotopic (exact) mass is 333 g/mol. The molecule has 3 heterocycles. The van der Waals surface area contributed by atoms with Crippen molar-refractivity contribution in [1.82, 2.24) is 9.78 Å². The number of nitrogens with one attached hydrogen (secondary N) is 1. The number of anilines is 1. The second-order valence-electron chi connectivity index (χ2n) is 7.89. The minimum absolute atomic E-state index is 0.337. The lowest BCUT2D eigenvalue weighted by Gasteiger charge is -2.47. The van der Waals surface area contributed by atoms with Gasteiger partial charge in [-0.3, -0.25) is 4.68 Å². The molecule has 1 spiro atoms. The molecule has 1 aromatic rings. The normalized spacial score (nSPS) is 28.1. The number of hydrogen-bond acceptors (Lipinski definition) is 4. The molecule has 5 heteroatoms. The minimum Gasteiger partial charge on any atom is -0.381 e. The maximum atomic E-state index is 5.89. The quantitative estimate of drug-likeness (QED) is 0.916. The Morgan fingerprint density at radius 3 is 2.62 bits per heavy atom. The molecule has 4 rings (SSSR count). The van der Waals surface area contributed by atoms with Gasteiger partial charge >= 0.3 is 0 Å². The Labute approximate surface area is 145 Å². The highest BCUT2D eigenvalue weighted by Gasteiger charge is 2.42. The highest BCUT2D eigenvalue weighted by molar-refractivity contribution is 5.47. The van der Waals surface area contributed by atoms with Gasteiger partial charge in [0.05, 0.1) is 30.2 Å². The minimum atomic E-state index is 0.337. The van der Waals surface area contributed by atoms with E-state index in [-0.39, 0.29) is 0 Å². The fraction of sp³-hybridized carbons (Fsp3) is 0.842. The van der Waals surface area contributed by atoms with E-state index in [0.717, 1.165) is 45.7 Å². The highest BCUT2D eigenvalue weighted by atomic mass is 16.5. The van der Waals surface area contributed by atoms with Crippen molar-refractivity contribution in [3.05, 3.63) is 11.9 Å². The van der Waals surface area contributed by atoms with E-state index in [2.05, 4.69) is 16.9 Å². The summed E-state index contributed by atoms with van der Waals surface area (Å²) in [5.74, 6) is 0. The fourth-order valence-electron chi connectivity index (χ4n) is 4.91. The molecule has 0 radical (unpaired) electrons. The maximum absolute atomic E-state index is 5.89. The first-order valence-corrected chi connectivity index (χ1v) is 9.75. The molecule has 3 fully saturated rings. The number of nitrogens with zero attached hydrogens (tertiary/aromatic N) is 2. The first-order valence-electron chi connectivity index (χ1n) is 9.75. The molecule has 1 aromatic heterocycles. The van der Waals surface area contributed by atoms with Crippen LogP contribution < -0.4 is 5.32 Å². The molecular formula is C19H31N3O2. The maximum Gasteiger partial charge on any atom is 0.0758 e. The van der Waals surface area contributed by atoms with Gasteiger partial charge in [0.2, 0.25) is 0 Å². The standard InChI is InChI=1S/C19H31N3O2/c1-15-17(13-20-22(15)16-5-10-23-11-6-16)21-18-7-12-24-14-19(18)8-3-2-4-9-19/h13,16,18,21H,2-12,14H2,1H3. The largest absolute Gasteiger partial charge is 0.381 e. The van der Waals surface area contributed by atoms with Gasteiger partial charge in [0, 0.05) is 31.3 Å². The van der Waals surface area contributed by atoms with Crippen LogP contribution in [0, 0.1) is 12.3 Å². The van der Waals surface area contributed by atoms with Crippen molar-refractivity contribution >= 4 is 5.69 Å². The molecule has 1 atom stereocenters. The topological polar surface area (TPSA) is 48.3 Å². The van der Waals surface area contributed by atoms with Crippen LogP contribution in [0.5, 0.6) is 0 Å². The van der Waals surface area contributed by atoms with Gasteiger partial charge in [0.15, 0.2) is 0 Å². The summed E-state index contributed by atoms with van der Waals surface area (Å²) in [5.41, 5.74) is 2.83. The van der Waals surface area contributed by atoms with Crippen LogP contribution >= 0.6 is 0 Å². The van der Waals surface area contributed by atoms with Crippen LogP contribution in [0.4, 0.5) is 5.69 Å². The summed E-state index contributed by atoms with van der Waals surface area (Å²) < 4.78 is 13.6. The average molecular weight is 333 g/mol. The summed E-state index contributed by atoms with van der Waals surface area (Å²) >= 11 is 0. The smallest absolute Gasteiger partial charge is 0.0758 e. The van der Waals surface area contributed by atoms with Crippen molar-refractivity contribution in [1.29, 1.82) is 0 Å². The van der Waals surface area contributed by atoms with Crippen molar-refractivity contribution in [2.24, 2.45) is 5.41 Å². The second kappa shape index (κ2) is 7.04. The number of hydrogen-bond donors (Lipinski definition) is 1.